The minimum atomic E-state index is -0.0808. The number of rotatable bonds is 5. The van der Waals surface area contributed by atoms with E-state index in [-0.39, 0.29) is 18.3 Å². The number of fused-ring (bicyclic) bond motifs is 1. The highest BCUT2D eigenvalue weighted by Gasteiger charge is 2.25. The zero-order valence-corrected chi connectivity index (χ0v) is 17.9. The van der Waals surface area contributed by atoms with E-state index in [0.29, 0.717) is 17.1 Å². The molecule has 3 aromatic rings. The molecular formula is C17H22ClN5OS2. The number of hydrogen-bond donors (Lipinski definition) is 0. The van der Waals surface area contributed by atoms with Gasteiger partial charge in [-0.1, -0.05) is 21.9 Å². The number of thiazole rings is 1. The number of anilines is 1. The lowest BCUT2D eigenvalue weighted by molar-refractivity contribution is 0.0988. The highest BCUT2D eigenvalue weighted by atomic mass is 35.5. The molecule has 0 saturated carbocycles. The van der Waals surface area contributed by atoms with E-state index in [1.54, 1.807) is 16.2 Å². The summed E-state index contributed by atoms with van der Waals surface area (Å²) in [6.07, 6.45) is 0. The molecule has 1 amide bonds. The van der Waals surface area contributed by atoms with Gasteiger partial charge in [-0.2, -0.15) is 0 Å². The standard InChI is InChI=1S/C17H21N5OS2.ClH/c1-10-8-11(2)14-13(9-10)24-17(18-14)22(7-6-21(4)5)16(23)15-12(3)19-20-25-15;/h8-9H,6-7H2,1-5H3;1H. The van der Waals surface area contributed by atoms with Crippen molar-refractivity contribution in [1.29, 1.82) is 0 Å². The van der Waals surface area contributed by atoms with E-state index in [1.165, 1.54) is 5.56 Å². The molecule has 0 unspecified atom stereocenters. The molecule has 26 heavy (non-hydrogen) atoms. The Bertz CT molecular complexity index is 921. The van der Waals surface area contributed by atoms with Gasteiger partial charge in [0.25, 0.3) is 5.91 Å². The SMILES string of the molecule is Cc1cc(C)c2nc(N(CCN(C)C)C(=O)c3snnc3C)sc2c1.Cl. The Morgan fingerprint density at radius 2 is 1.88 bits per heavy atom. The van der Waals surface area contributed by atoms with E-state index in [0.717, 1.165) is 39.0 Å². The molecule has 0 fully saturated rings. The summed E-state index contributed by atoms with van der Waals surface area (Å²) >= 11 is 2.69. The Morgan fingerprint density at radius 1 is 1.15 bits per heavy atom. The lowest BCUT2D eigenvalue weighted by Crippen LogP contribution is -2.36. The summed E-state index contributed by atoms with van der Waals surface area (Å²) < 4.78 is 5.01. The molecule has 0 N–H and O–H groups in total. The molecule has 0 aliphatic rings. The van der Waals surface area contributed by atoms with Gasteiger partial charge in [0.2, 0.25) is 0 Å². The second-order valence-corrected chi connectivity index (χ2v) is 8.14. The van der Waals surface area contributed by atoms with Gasteiger partial charge in [-0.3, -0.25) is 9.69 Å². The number of benzene rings is 1. The van der Waals surface area contributed by atoms with Crippen LogP contribution in [0, 0.1) is 20.8 Å². The largest absolute Gasteiger partial charge is 0.308 e. The molecule has 3 rings (SSSR count). The number of likely N-dealkylation sites (N-methyl/N-ethyl adjacent to an activating group) is 1. The number of aryl methyl sites for hydroxylation is 3. The fourth-order valence-electron chi connectivity index (χ4n) is 2.61. The topological polar surface area (TPSA) is 62.2 Å². The summed E-state index contributed by atoms with van der Waals surface area (Å²) in [4.78, 5) is 22.2. The number of nitrogens with zero attached hydrogens (tertiary/aromatic N) is 5. The van der Waals surface area contributed by atoms with Crippen LogP contribution in [0.1, 0.15) is 26.5 Å². The smallest absolute Gasteiger partial charge is 0.273 e. The first-order chi connectivity index (χ1) is 11.9. The van der Waals surface area contributed by atoms with Crippen molar-refractivity contribution in [2.24, 2.45) is 0 Å². The van der Waals surface area contributed by atoms with Crippen molar-refractivity contribution in [3.8, 4) is 0 Å². The third-order valence-electron chi connectivity index (χ3n) is 3.91. The zero-order chi connectivity index (χ0) is 18.1. The molecule has 0 atom stereocenters. The Balaban J connectivity index is 0.00000243. The summed E-state index contributed by atoms with van der Waals surface area (Å²) in [7, 11) is 3.99. The maximum Gasteiger partial charge on any atom is 0.273 e. The summed E-state index contributed by atoms with van der Waals surface area (Å²) in [6.45, 7) is 7.27. The fraction of sp³-hybridized carbons (Fsp3) is 0.412. The third kappa shape index (κ3) is 4.20. The molecule has 6 nitrogen and oxygen atoms in total. The third-order valence-corrected chi connectivity index (χ3v) is 5.75. The number of hydrogen-bond acceptors (Lipinski definition) is 7. The predicted octanol–water partition coefficient (Wildman–Crippen LogP) is 3.70. The van der Waals surface area contributed by atoms with Crippen molar-refractivity contribution in [3.63, 3.8) is 0 Å². The maximum atomic E-state index is 13.1. The second-order valence-electron chi connectivity index (χ2n) is 6.37. The Morgan fingerprint density at radius 3 is 2.50 bits per heavy atom. The van der Waals surface area contributed by atoms with Gasteiger partial charge in [0, 0.05) is 13.1 Å². The first-order valence-electron chi connectivity index (χ1n) is 8.00. The van der Waals surface area contributed by atoms with Crippen LogP contribution in [0.15, 0.2) is 12.1 Å². The number of halogens is 1. The Kier molecular flexibility index (Phi) is 6.68. The minimum absolute atomic E-state index is 0. The lowest BCUT2D eigenvalue weighted by atomic mass is 10.1. The molecule has 0 spiro atoms. The average molecular weight is 412 g/mol. The van der Waals surface area contributed by atoms with Crippen LogP contribution in [0.2, 0.25) is 0 Å². The van der Waals surface area contributed by atoms with Crippen molar-refractivity contribution >= 4 is 56.5 Å². The van der Waals surface area contributed by atoms with E-state index in [9.17, 15) is 4.79 Å². The minimum Gasteiger partial charge on any atom is -0.308 e. The molecule has 9 heteroatoms. The molecule has 0 radical (unpaired) electrons. The number of aromatic nitrogens is 3. The molecule has 0 bridgehead atoms. The van der Waals surface area contributed by atoms with Gasteiger partial charge in [-0.15, -0.1) is 17.5 Å². The van der Waals surface area contributed by atoms with Gasteiger partial charge in [0.05, 0.1) is 15.9 Å². The number of carbonyl (C=O) groups excluding carboxylic acids is 1. The fourth-order valence-corrected chi connectivity index (χ4v) is 4.38. The monoisotopic (exact) mass is 411 g/mol. The quantitative estimate of drug-likeness (QED) is 0.640. The predicted molar refractivity (Wildman–Crippen MR) is 111 cm³/mol. The molecule has 1 aromatic carbocycles. The Hall–Kier alpha value is -1.61. The molecular weight excluding hydrogens is 390 g/mol. The van der Waals surface area contributed by atoms with Crippen LogP contribution in [0.5, 0.6) is 0 Å². The van der Waals surface area contributed by atoms with Crippen LogP contribution in [-0.2, 0) is 0 Å². The molecule has 0 aliphatic carbocycles. The van der Waals surface area contributed by atoms with Crippen LogP contribution in [-0.4, -0.2) is 52.6 Å². The molecule has 140 valence electrons. The van der Waals surface area contributed by atoms with Crippen LogP contribution in [0.3, 0.4) is 0 Å². The summed E-state index contributed by atoms with van der Waals surface area (Å²) in [6, 6.07) is 4.24. The van der Waals surface area contributed by atoms with Crippen molar-refractivity contribution < 1.29 is 4.79 Å². The van der Waals surface area contributed by atoms with Gasteiger partial charge < -0.3 is 4.90 Å². The normalized spacial score (nSPS) is 11.0. The zero-order valence-electron chi connectivity index (χ0n) is 15.4. The highest BCUT2D eigenvalue weighted by Crippen LogP contribution is 2.32. The van der Waals surface area contributed by atoms with E-state index >= 15 is 0 Å². The van der Waals surface area contributed by atoms with Gasteiger partial charge in [0.1, 0.15) is 4.88 Å². The second kappa shape index (κ2) is 8.39. The molecule has 2 heterocycles. The first kappa shape index (κ1) is 20.7. The summed E-state index contributed by atoms with van der Waals surface area (Å²) in [5.41, 5.74) is 3.97. The lowest BCUT2D eigenvalue weighted by Gasteiger charge is -2.21. The van der Waals surface area contributed by atoms with Crippen LogP contribution in [0.25, 0.3) is 10.2 Å². The van der Waals surface area contributed by atoms with Gasteiger partial charge in [-0.25, -0.2) is 4.98 Å². The van der Waals surface area contributed by atoms with Crippen molar-refractivity contribution in [3.05, 3.63) is 33.8 Å². The van der Waals surface area contributed by atoms with Crippen LogP contribution in [0.4, 0.5) is 5.13 Å². The number of carbonyl (C=O) groups is 1. The van der Waals surface area contributed by atoms with Crippen molar-refractivity contribution in [1.82, 2.24) is 19.5 Å². The average Bonchev–Trinajstić information content (AvgIpc) is 3.13. The summed E-state index contributed by atoms with van der Waals surface area (Å²) in [5.74, 6) is -0.0808. The Labute approximate surface area is 167 Å². The van der Waals surface area contributed by atoms with Crippen LogP contribution < -0.4 is 4.90 Å². The van der Waals surface area contributed by atoms with Gasteiger partial charge in [-0.05, 0) is 63.6 Å². The van der Waals surface area contributed by atoms with Crippen molar-refractivity contribution in [2.75, 3.05) is 32.1 Å². The highest BCUT2D eigenvalue weighted by molar-refractivity contribution is 7.22. The molecule has 0 saturated heterocycles. The van der Waals surface area contributed by atoms with E-state index in [4.69, 9.17) is 4.98 Å². The summed E-state index contributed by atoms with van der Waals surface area (Å²) in [5, 5.41) is 4.70. The van der Waals surface area contributed by atoms with Crippen LogP contribution >= 0.6 is 35.3 Å². The van der Waals surface area contributed by atoms with E-state index < -0.39 is 0 Å². The van der Waals surface area contributed by atoms with E-state index in [2.05, 4.69) is 40.5 Å². The maximum absolute atomic E-state index is 13.1. The van der Waals surface area contributed by atoms with Gasteiger partial charge in [0.15, 0.2) is 5.13 Å². The molecule has 0 aliphatic heterocycles. The van der Waals surface area contributed by atoms with E-state index in [1.807, 2.05) is 21.0 Å². The van der Waals surface area contributed by atoms with Crippen molar-refractivity contribution in [2.45, 2.75) is 20.8 Å². The molecule has 2 aromatic heterocycles. The number of amides is 1. The van der Waals surface area contributed by atoms with Gasteiger partial charge >= 0.3 is 0 Å². The first-order valence-corrected chi connectivity index (χ1v) is 9.59.